The highest BCUT2D eigenvalue weighted by atomic mass is 16.5. The number of nitrogens with zero attached hydrogens (tertiary/aromatic N) is 4. The normalized spacial score (nSPS) is 26.8. The Bertz CT molecular complexity index is 1340. The van der Waals surface area contributed by atoms with Gasteiger partial charge in [-0.25, -0.2) is 4.79 Å². The number of carbonyl (C=O) groups excluding carboxylic acids is 3. The topological polar surface area (TPSA) is 116 Å². The number of ether oxygens (including phenoxy) is 2. The fourth-order valence-corrected chi connectivity index (χ4v) is 6.12. The zero-order valence-electron chi connectivity index (χ0n) is 23.4. The molecule has 0 aromatic heterocycles. The summed E-state index contributed by atoms with van der Waals surface area (Å²) in [6.07, 6.45) is 0.0636. The number of likely N-dealkylation sites (N-methyl/N-ethyl adjacent to an activating group) is 1. The van der Waals surface area contributed by atoms with Crippen LogP contribution in [-0.4, -0.2) is 117 Å². The molecule has 11 heteroatoms. The first-order valence-electron chi connectivity index (χ1n) is 14.2. The van der Waals surface area contributed by atoms with Crippen LogP contribution in [0.4, 0.5) is 5.69 Å². The number of morpholine rings is 1. The van der Waals surface area contributed by atoms with Crippen LogP contribution in [0.2, 0.25) is 0 Å². The molecule has 2 aromatic carbocycles. The average molecular weight is 561 g/mol. The molecule has 3 fully saturated rings. The van der Waals surface area contributed by atoms with Gasteiger partial charge in [-0.15, -0.1) is 0 Å². The molecule has 4 aliphatic rings. The minimum Gasteiger partial charge on any atom is -0.465 e. The molecule has 4 aliphatic heterocycles. The van der Waals surface area contributed by atoms with Crippen molar-refractivity contribution in [1.29, 1.82) is 0 Å². The van der Waals surface area contributed by atoms with Crippen LogP contribution < -0.4 is 10.6 Å². The van der Waals surface area contributed by atoms with E-state index >= 15 is 0 Å². The maximum absolute atomic E-state index is 13.3. The minimum absolute atomic E-state index is 0.0433. The van der Waals surface area contributed by atoms with Gasteiger partial charge in [-0.2, -0.15) is 0 Å². The molecule has 2 N–H and O–H groups in total. The molecule has 0 saturated carbocycles. The highest BCUT2D eigenvalue weighted by Crippen LogP contribution is 2.36. The van der Waals surface area contributed by atoms with Gasteiger partial charge in [0.2, 0.25) is 11.8 Å². The molecule has 216 valence electrons. The van der Waals surface area contributed by atoms with E-state index in [4.69, 9.17) is 14.5 Å². The Morgan fingerprint density at radius 3 is 2.59 bits per heavy atom. The van der Waals surface area contributed by atoms with E-state index in [2.05, 4.69) is 27.5 Å². The summed E-state index contributed by atoms with van der Waals surface area (Å²) >= 11 is 0. The first-order chi connectivity index (χ1) is 19.9. The van der Waals surface area contributed by atoms with Gasteiger partial charge in [0.1, 0.15) is 18.3 Å². The minimum atomic E-state index is -0.649. The van der Waals surface area contributed by atoms with Crippen LogP contribution in [0.1, 0.15) is 33.8 Å². The molecule has 0 bridgehead atoms. The van der Waals surface area contributed by atoms with Crippen LogP contribution in [0.15, 0.2) is 53.5 Å². The second-order valence-electron chi connectivity index (χ2n) is 11.1. The molecule has 0 radical (unpaired) electrons. The molecule has 6 rings (SSSR count). The first kappa shape index (κ1) is 27.5. The number of aliphatic imine (C=N–C) groups is 1. The third kappa shape index (κ3) is 5.62. The highest BCUT2D eigenvalue weighted by Gasteiger charge is 2.43. The van der Waals surface area contributed by atoms with Crippen molar-refractivity contribution in [1.82, 2.24) is 20.0 Å². The van der Waals surface area contributed by atoms with E-state index in [1.807, 2.05) is 35.2 Å². The Balaban J connectivity index is 1.20. The quantitative estimate of drug-likeness (QED) is 0.399. The molecule has 41 heavy (non-hydrogen) atoms. The molecule has 11 nitrogen and oxygen atoms in total. The van der Waals surface area contributed by atoms with Crippen molar-refractivity contribution in [3.63, 3.8) is 0 Å². The third-order valence-electron chi connectivity index (χ3n) is 8.38. The van der Waals surface area contributed by atoms with Crippen molar-refractivity contribution in [2.24, 2.45) is 4.99 Å². The number of hydrogen-bond acceptors (Lipinski definition) is 9. The number of piperazine rings is 1. The van der Waals surface area contributed by atoms with Gasteiger partial charge in [-0.05, 0) is 36.7 Å². The lowest BCUT2D eigenvalue weighted by Gasteiger charge is -2.37. The molecule has 0 spiro atoms. The fraction of sp³-hybridized carbons (Fsp3) is 0.467. The number of hydrogen-bond donors (Lipinski definition) is 2. The number of anilines is 1. The number of likely N-dealkylation sites (tertiary alicyclic amines) is 1. The van der Waals surface area contributed by atoms with Gasteiger partial charge >= 0.3 is 5.97 Å². The van der Waals surface area contributed by atoms with Gasteiger partial charge in [0.25, 0.3) is 0 Å². The lowest BCUT2D eigenvalue weighted by Crippen LogP contribution is -2.57. The number of carbonyl (C=O) groups is 3. The van der Waals surface area contributed by atoms with E-state index in [1.54, 1.807) is 18.2 Å². The lowest BCUT2D eigenvalue weighted by atomic mass is 9.90. The van der Waals surface area contributed by atoms with Gasteiger partial charge in [0, 0.05) is 38.4 Å². The summed E-state index contributed by atoms with van der Waals surface area (Å²) in [6, 6.07) is 14.7. The number of rotatable bonds is 6. The van der Waals surface area contributed by atoms with Crippen molar-refractivity contribution >= 4 is 29.2 Å². The molecule has 0 aliphatic carbocycles. The second kappa shape index (κ2) is 11.7. The Kier molecular flexibility index (Phi) is 7.85. The lowest BCUT2D eigenvalue weighted by molar-refractivity contribution is -0.149. The molecule has 4 unspecified atom stereocenters. The van der Waals surface area contributed by atoms with Crippen LogP contribution in [0.25, 0.3) is 0 Å². The maximum Gasteiger partial charge on any atom is 0.337 e. The zero-order chi connectivity index (χ0) is 28.5. The predicted octanol–water partition coefficient (Wildman–Crippen LogP) is 1.12. The van der Waals surface area contributed by atoms with E-state index in [-0.39, 0.29) is 36.9 Å². The largest absolute Gasteiger partial charge is 0.465 e. The first-order valence-corrected chi connectivity index (χ1v) is 14.2. The number of methoxy groups -OCH3 is 1. The van der Waals surface area contributed by atoms with Gasteiger partial charge in [0.15, 0.2) is 0 Å². The molecule has 2 aromatic rings. The predicted molar refractivity (Wildman–Crippen MR) is 153 cm³/mol. The van der Waals surface area contributed by atoms with Crippen LogP contribution in [0.5, 0.6) is 0 Å². The fourth-order valence-electron chi connectivity index (χ4n) is 6.12. The zero-order valence-corrected chi connectivity index (χ0v) is 23.4. The Labute approximate surface area is 239 Å². The van der Waals surface area contributed by atoms with Gasteiger partial charge < -0.3 is 24.6 Å². The molecule has 4 heterocycles. The number of benzene rings is 2. The SMILES string of the molecule is COC(=O)c1ccc2c(c1)NC(=O)C2C(=NC1COC2C(CCN2C(=O)CN2CCN(C)CC2)N1)c1ccccc1. The van der Waals surface area contributed by atoms with Crippen molar-refractivity contribution in [3.8, 4) is 0 Å². The van der Waals surface area contributed by atoms with E-state index in [0.29, 0.717) is 30.1 Å². The van der Waals surface area contributed by atoms with Crippen molar-refractivity contribution in [2.75, 3.05) is 65.3 Å². The van der Waals surface area contributed by atoms with Crippen molar-refractivity contribution < 1.29 is 23.9 Å². The third-order valence-corrected chi connectivity index (χ3v) is 8.38. The summed E-state index contributed by atoms with van der Waals surface area (Å²) in [7, 11) is 3.43. The van der Waals surface area contributed by atoms with Crippen LogP contribution in [0, 0.1) is 0 Å². The molecule has 4 atom stereocenters. The Morgan fingerprint density at radius 2 is 1.83 bits per heavy atom. The highest BCUT2D eigenvalue weighted by molar-refractivity contribution is 6.24. The van der Waals surface area contributed by atoms with Crippen LogP contribution >= 0.6 is 0 Å². The average Bonchev–Trinajstić information content (AvgIpc) is 3.56. The van der Waals surface area contributed by atoms with Crippen molar-refractivity contribution in [2.45, 2.75) is 30.8 Å². The summed E-state index contributed by atoms with van der Waals surface area (Å²) in [5.41, 5.74) is 3.14. The number of esters is 1. The van der Waals surface area contributed by atoms with E-state index in [0.717, 1.165) is 43.7 Å². The van der Waals surface area contributed by atoms with Crippen LogP contribution in [-0.2, 0) is 19.1 Å². The number of nitrogens with one attached hydrogen (secondary N) is 2. The number of amides is 2. The molecular weight excluding hydrogens is 524 g/mol. The Morgan fingerprint density at radius 1 is 1.05 bits per heavy atom. The Hall–Kier alpha value is -3.64. The van der Waals surface area contributed by atoms with Gasteiger partial charge in [-0.3, -0.25) is 24.8 Å². The van der Waals surface area contributed by atoms with E-state index < -0.39 is 11.9 Å². The van der Waals surface area contributed by atoms with E-state index in [1.165, 1.54) is 7.11 Å². The monoisotopic (exact) mass is 560 g/mol. The van der Waals surface area contributed by atoms with E-state index in [9.17, 15) is 14.4 Å². The summed E-state index contributed by atoms with van der Waals surface area (Å²) in [5.74, 6) is -1.22. The van der Waals surface area contributed by atoms with Crippen molar-refractivity contribution in [3.05, 3.63) is 65.2 Å². The summed E-state index contributed by atoms with van der Waals surface area (Å²) in [5, 5.41) is 6.50. The number of fused-ring (bicyclic) bond motifs is 2. The van der Waals surface area contributed by atoms with Gasteiger partial charge in [-0.1, -0.05) is 36.4 Å². The standard InChI is InChI=1S/C30H36N6O5/c1-34-12-14-35(15-13-34)17-25(37)36-11-10-22-29(36)41-18-24(31-22)33-27(19-6-4-3-5-7-19)26-21-9-8-20(30(39)40-2)16-23(21)32-28(26)38/h3-9,16,22,24,26,29,31H,10-15,17-18H2,1-2H3,(H,32,38). The summed E-state index contributed by atoms with van der Waals surface area (Å²) in [4.78, 5) is 49.9. The summed E-state index contributed by atoms with van der Waals surface area (Å²) in [6.45, 7) is 5.05. The second-order valence-corrected chi connectivity index (χ2v) is 11.1. The molecular formula is C30H36N6O5. The molecule has 3 saturated heterocycles. The van der Waals surface area contributed by atoms with Gasteiger partial charge in [0.05, 0.1) is 37.6 Å². The molecule has 2 amide bonds. The smallest absolute Gasteiger partial charge is 0.337 e. The maximum atomic E-state index is 13.3. The van der Waals surface area contributed by atoms with Crippen LogP contribution in [0.3, 0.4) is 0 Å². The summed E-state index contributed by atoms with van der Waals surface area (Å²) < 4.78 is 11.1.